The van der Waals surface area contributed by atoms with Crippen molar-refractivity contribution in [2.75, 3.05) is 42.5 Å². The van der Waals surface area contributed by atoms with Gasteiger partial charge in [0.05, 0.1) is 17.3 Å². The summed E-state index contributed by atoms with van der Waals surface area (Å²) < 4.78 is 0. The van der Waals surface area contributed by atoms with E-state index in [9.17, 15) is 9.59 Å². The Labute approximate surface area is 189 Å². The molecule has 5 rings (SSSR count). The van der Waals surface area contributed by atoms with E-state index >= 15 is 0 Å². The molecular weight excluding hydrogens is 400 g/mol. The maximum atomic E-state index is 13.5. The van der Waals surface area contributed by atoms with Crippen molar-refractivity contribution >= 4 is 34.6 Å². The summed E-state index contributed by atoms with van der Waals surface area (Å²) in [6.45, 7) is 7.13. The molecule has 166 valence electrons. The smallest absolute Gasteiger partial charge is 0.242 e. The van der Waals surface area contributed by atoms with Gasteiger partial charge in [0.15, 0.2) is 0 Å². The number of aliphatic imine (C=N–C) groups is 1. The van der Waals surface area contributed by atoms with Crippen molar-refractivity contribution in [2.24, 2.45) is 10.9 Å². The highest BCUT2D eigenvalue weighted by molar-refractivity contribution is 6.16. The number of rotatable bonds is 3. The van der Waals surface area contributed by atoms with Crippen LogP contribution in [0.2, 0.25) is 0 Å². The third kappa shape index (κ3) is 3.78. The number of aryl methyl sites for hydroxylation is 2. The highest BCUT2D eigenvalue weighted by Gasteiger charge is 2.38. The van der Waals surface area contributed by atoms with Crippen LogP contribution in [0.5, 0.6) is 0 Å². The van der Waals surface area contributed by atoms with Gasteiger partial charge in [0.2, 0.25) is 11.8 Å². The van der Waals surface area contributed by atoms with Crippen LogP contribution in [0.1, 0.15) is 30.4 Å². The highest BCUT2D eigenvalue weighted by Crippen LogP contribution is 2.39. The Bertz CT molecular complexity index is 1070. The summed E-state index contributed by atoms with van der Waals surface area (Å²) in [6.07, 6.45) is 2.68. The quantitative estimate of drug-likeness (QED) is 0.743. The molecule has 6 nitrogen and oxygen atoms in total. The summed E-state index contributed by atoms with van der Waals surface area (Å²) in [6, 6.07) is 14.4. The summed E-state index contributed by atoms with van der Waals surface area (Å²) in [5, 5.41) is 0. The number of nitrogens with zero attached hydrogens (tertiary/aromatic N) is 4. The van der Waals surface area contributed by atoms with Gasteiger partial charge in [-0.25, -0.2) is 0 Å². The summed E-state index contributed by atoms with van der Waals surface area (Å²) >= 11 is 0. The van der Waals surface area contributed by atoms with Crippen LogP contribution in [0.3, 0.4) is 0 Å². The Morgan fingerprint density at radius 3 is 2.50 bits per heavy atom. The number of fused-ring (bicyclic) bond motifs is 2. The molecule has 1 saturated carbocycles. The first-order chi connectivity index (χ1) is 15.5. The van der Waals surface area contributed by atoms with Crippen molar-refractivity contribution in [1.29, 1.82) is 0 Å². The Morgan fingerprint density at radius 1 is 1.03 bits per heavy atom. The van der Waals surface area contributed by atoms with Gasteiger partial charge in [-0.05, 0) is 68.5 Å². The van der Waals surface area contributed by atoms with Gasteiger partial charge in [-0.3, -0.25) is 14.6 Å². The van der Waals surface area contributed by atoms with Gasteiger partial charge in [0.1, 0.15) is 6.54 Å². The van der Waals surface area contributed by atoms with Crippen LogP contribution in [0.25, 0.3) is 0 Å². The van der Waals surface area contributed by atoms with Gasteiger partial charge in [-0.2, -0.15) is 0 Å². The fraction of sp³-hybridized carbons (Fsp3) is 0.423. The molecule has 2 fully saturated rings. The lowest BCUT2D eigenvalue weighted by atomic mass is 10.0. The largest absolute Gasteiger partial charge is 0.368 e. The Kier molecular flexibility index (Phi) is 5.45. The molecule has 2 aliphatic heterocycles. The zero-order valence-electron chi connectivity index (χ0n) is 18.9. The van der Waals surface area contributed by atoms with Gasteiger partial charge in [-0.15, -0.1) is 0 Å². The average Bonchev–Trinajstić information content (AvgIpc) is 3.25. The number of para-hydroxylation sites is 1. The third-order valence-electron chi connectivity index (χ3n) is 7.08. The number of hydrogen-bond donors (Lipinski definition) is 0. The van der Waals surface area contributed by atoms with Crippen LogP contribution < -0.4 is 9.80 Å². The number of carbonyl (C=O) groups excluding carboxylic acids is 2. The molecule has 0 bridgehead atoms. The lowest BCUT2D eigenvalue weighted by molar-refractivity contribution is -0.132. The minimum Gasteiger partial charge on any atom is -0.368 e. The van der Waals surface area contributed by atoms with E-state index in [0.29, 0.717) is 13.1 Å². The fourth-order valence-corrected chi connectivity index (χ4v) is 5.03. The van der Waals surface area contributed by atoms with Crippen molar-refractivity contribution in [3.63, 3.8) is 0 Å². The molecule has 2 aromatic rings. The molecule has 32 heavy (non-hydrogen) atoms. The Hall–Kier alpha value is -3.15. The second-order valence-corrected chi connectivity index (χ2v) is 9.10. The number of piperazine rings is 1. The van der Waals surface area contributed by atoms with Gasteiger partial charge in [0, 0.05) is 37.6 Å². The van der Waals surface area contributed by atoms with E-state index < -0.39 is 0 Å². The molecular formula is C26H30N4O2. The summed E-state index contributed by atoms with van der Waals surface area (Å²) in [7, 11) is 0. The van der Waals surface area contributed by atoms with E-state index in [1.165, 1.54) is 5.69 Å². The van der Waals surface area contributed by atoms with E-state index in [1.54, 1.807) is 4.90 Å². The van der Waals surface area contributed by atoms with Crippen molar-refractivity contribution in [2.45, 2.75) is 33.1 Å². The maximum Gasteiger partial charge on any atom is 0.242 e. The molecule has 0 aromatic heterocycles. The third-order valence-corrected chi connectivity index (χ3v) is 7.08. The molecule has 0 unspecified atom stereocenters. The molecule has 2 amide bonds. The zero-order valence-corrected chi connectivity index (χ0v) is 18.9. The molecule has 0 N–H and O–H groups in total. The predicted octanol–water partition coefficient (Wildman–Crippen LogP) is 3.87. The molecule has 2 heterocycles. The lowest BCUT2D eigenvalue weighted by Crippen LogP contribution is -2.52. The van der Waals surface area contributed by atoms with Crippen LogP contribution in [-0.4, -0.2) is 55.1 Å². The number of anilines is 2. The predicted molar refractivity (Wildman–Crippen MR) is 128 cm³/mol. The first-order valence-corrected chi connectivity index (χ1v) is 11.6. The van der Waals surface area contributed by atoms with Crippen LogP contribution >= 0.6 is 0 Å². The Morgan fingerprint density at radius 2 is 1.75 bits per heavy atom. The molecule has 1 saturated heterocycles. The van der Waals surface area contributed by atoms with E-state index in [1.807, 2.05) is 36.1 Å². The van der Waals surface area contributed by atoms with E-state index in [2.05, 4.69) is 30.0 Å². The topological polar surface area (TPSA) is 56.2 Å². The van der Waals surface area contributed by atoms with Crippen LogP contribution in [0, 0.1) is 19.8 Å². The van der Waals surface area contributed by atoms with Crippen LogP contribution in [-0.2, 0) is 9.59 Å². The minimum absolute atomic E-state index is 0.0108. The van der Waals surface area contributed by atoms with Gasteiger partial charge in [-0.1, -0.05) is 18.2 Å². The first-order valence-electron chi connectivity index (χ1n) is 11.6. The monoisotopic (exact) mass is 430 g/mol. The number of benzene rings is 2. The highest BCUT2D eigenvalue weighted by atomic mass is 16.2. The normalized spacial score (nSPS) is 20.6. The summed E-state index contributed by atoms with van der Waals surface area (Å²) in [5.41, 5.74) is 6.02. The standard InChI is InChI=1S/C26H30N4O2/c1-18-15-23-24(16-19(18)2)30(26(32)21-9-6-10-22(21)27-23)17-25(31)29-13-11-28(12-14-29)20-7-4-3-5-8-20/h3-5,7-8,15-16,21H,6,9-14,17H2,1-2H3/t21-/m1/s1. The summed E-state index contributed by atoms with van der Waals surface area (Å²) in [4.78, 5) is 37.6. The van der Waals surface area contributed by atoms with E-state index in [-0.39, 0.29) is 24.3 Å². The zero-order chi connectivity index (χ0) is 22.2. The second kappa shape index (κ2) is 8.41. The number of hydrogen-bond acceptors (Lipinski definition) is 4. The van der Waals surface area contributed by atoms with Crippen molar-refractivity contribution in [3.05, 3.63) is 53.6 Å². The molecule has 1 aliphatic carbocycles. The Balaban J connectivity index is 1.35. The maximum absolute atomic E-state index is 13.5. The lowest BCUT2D eigenvalue weighted by Gasteiger charge is -2.37. The minimum atomic E-state index is -0.189. The molecule has 1 atom stereocenters. The second-order valence-electron chi connectivity index (χ2n) is 9.10. The first kappa shape index (κ1) is 20.7. The van der Waals surface area contributed by atoms with Crippen molar-refractivity contribution in [1.82, 2.24) is 4.90 Å². The van der Waals surface area contributed by atoms with Crippen LogP contribution in [0.15, 0.2) is 47.5 Å². The van der Waals surface area contributed by atoms with E-state index in [4.69, 9.17) is 4.99 Å². The molecule has 3 aliphatic rings. The average molecular weight is 431 g/mol. The molecule has 2 aromatic carbocycles. The van der Waals surface area contributed by atoms with Crippen molar-refractivity contribution < 1.29 is 9.59 Å². The van der Waals surface area contributed by atoms with Gasteiger partial charge < -0.3 is 14.7 Å². The summed E-state index contributed by atoms with van der Waals surface area (Å²) in [5.74, 6) is -0.151. The molecule has 0 spiro atoms. The number of amides is 2. The van der Waals surface area contributed by atoms with Gasteiger partial charge in [0.25, 0.3) is 0 Å². The molecule has 6 heteroatoms. The number of carbonyl (C=O) groups is 2. The van der Waals surface area contributed by atoms with Gasteiger partial charge >= 0.3 is 0 Å². The van der Waals surface area contributed by atoms with E-state index in [0.717, 1.165) is 60.6 Å². The van der Waals surface area contributed by atoms with Crippen molar-refractivity contribution in [3.8, 4) is 0 Å². The molecule has 0 radical (unpaired) electrons. The van der Waals surface area contributed by atoms with Crippen LogP contribution in [0.4, 0.5) is 17.1 Å². The fourth-order valence-electron chi connectivity index (χ4n) is 5.03. The SMILES string of the molecule is Cc1cc2c(cc1C)N(CC(=O)N1CCN(c3ccccc3)CC1)C(=O)[C@@H]1CCCC1=N2.